The third-order valence-corrected chi connectivity index (χ3v) is 5.53. The first-order valence-corrected chi connectivity index (χ1v) is 8.93. The van der Waals surface area contributed by atoms with Gasteiger partial charge in [0.2, 0.25) is 0 Å². The van der Waals surface area contributed by atoms with Gasteiger partial charge >= 0.3 is 6.03 Å². The fourth-order valence-corrected chi connectivity index (χ4v) is 3.91. The van der Waals surface area contributed by atoms with Crippen LogP contribution < -0.4 is 5.32 Å². The van der Waals surface area contributed by atoms with E-state index in [0.29, 0.717) is 13.1 Å². The predicted molar refractivity (Wildman–Crippen MR) is 90.5 cm³/mol. The molecule has 7 heteroatoms. The number of hydrogen-bond donors (Lipinski definition) is 1. The number of nitrogens with one attached hydrogen (secondary N) is 1. The zero-order valence-corrected chi connectivity index (χ0v) is 14.5. The number of rotatable bonds is 4. The number of carbonyl (C=O) groups excluding carboxylic acids is 1. The van der Waals surface area contributed by atoms with Gasteiger partial charge in [-0.1, -0.05) is 6.92 Å². The summed E-state index contributed by atoms with van der Waals surface area (Å²) in [7, 11) is 1.95. The molecule has 0 saturated carbocycles. The second-order valence-electron chi connectivity index (χ2n) is 5.97. The van der Waals surface area contributed by atoms with Crippen molar-refractivity contribution in [3.63, 3.8) is 0 Å². The molecular formula is C16H23N5OS. The predicted octanol–water partition coefficient (Wildman–Crippen LogP) is 2.53. The molecule has 6 nitrogen and oxygen atoms in total. The van der Waals surface area contributed by atoms with Crippen molar-refractivity contribution in [3.05, 3.63) is 34.0 Å². The lowest BCUT2D eigenvalue weighted by atomic mass is 9.97. The summed E-state index contributed by atoms with van der Waals surface area (Å²) in [6, 6.07) is 4.25. The van der Waals surface area contributed by atoms with Crippen LogP contribution in [0.4, 0.5) is 4.79 Å². The maximum Gasteiger partial charge on any atom is 0.317 e. The SMILES string of the molecule is CCc1ccc(CNC(=O)N2CCCC(c3nncn3C)C2)s1. The monoisotopic (exact) mass is 333 g/mol. The van der Waals surface area contributed by atoms with Crippen molar-refractivity contribution < 1.29 is 4.79 Å². The van der Waals surface area contributed by atoms with Gasteiger partial charge in [0.1, 0.15) is 12.2 Å². The second kappa shape index (κ2) is 7.12. The van der Waals surface area contributed by atoms with Gasteiger partial charge in [0.15, 0.2) is 0 Å². The lowest BCUT2D eigenvalue weighted by molar-refractivity contribution is 0.177. The Bertz CT molecular complexity index is 665. The Labute approximate surface area is 140 Å². The van der Waals surface area contributed by atoms with Crippen molar-refractivity contribution in [2.45, 2.75) is 38.6 Å². The Hall–Kier alpha value is -1.89. The van der Waals surface area contributed by atoms with E-state index in [-0.39, 0.29) is 11.9 Å². The number of urea groups is 1. The minimum Gasteiger partial charge on any atom is -0.333 e. The third kappa shape index (κ3) is 3.72. The summed E-state index contributed by atoms with van der Waals surface area (Å²) in [5.74, 6) is 1.24. The van der Waals surface area contributed by atoms with Crippen molar-refractivity contribution in [1.82, 2.24) is 25.0 Å². The molecule has 1 fully saturated rings. The number of aromatic nitrogens is 3. The van der Waals surface area contributed by atoms with E-state index in [2.05, 4.69) is 34.6 Å². The van der Waals surface area contributed by atoms with Gasteiger partial charge in [-0.2, -0.15) is 0 Å². The largest absolute Gasteiger partial charge is 0.333 e. The van der Waals surface area contributed by atoms with Crippen LogP contribution in [0.15, 0.2) is 18.5 Å². The number of piperidine rings is 1. The van der Waals surface area contributed by atoms with Crippen molar-refractivity contribution in [2.75, 3.05) is 13.1 Å². The van der Waals surface area contributed by atoms with Crippen LogP contribution in [0.2, 0.25) is 0 Å². The molecule has 2 aromatic heterocycles. The lowest BCUT2D eigenvalue weighted by Gasteiger charge is -2.32. The van der Waals surface area contributed by atoms with Crippen molar-refractivity contribution >= 4 is 17.4 Å². The van der Waals surface area contributed by atoms with E-state index in [1.54, 1.807) is 17.7 Å². The molecule has 0 aliphatic carbocycles. The topological polar surface area (TPSA) is 63.1 Å². The van der Waals surface area contributed by atoms with Crippen LogP contribution in [-0.2, 0) is 20.0 Å². The van der Waals surface area contributed by atoms with Crippen LogP contribution in [-0.4, -0.2) is 38.8 Å². The van der Waals surface area contributed by atoms with E-state index >= 15 is 0 Å². The highest BCUT2D eigenvalue weighted by atomic mass is 32.1. The first-order chi connectivity index (χ1) is 11.2. The molecule has 0 aromatic carbocycles. The van der Waals surface area contributed by atoms with Gasteiger partial charge in [0, 0.05) is 35.8 Å². The first kappa shape index (κ1) is 16.0. The van der Waals surface area contributed by atoms with Gasteiger partial charge in [-0.3, -0.25) is 0 Å². The molecule has 2 amide bonds. The van der Waals surface area contributed by atoms with Gasteiger partial charge < -0.3 is 14.8 Å². The van der Waals surface area contributed by atoms with Gasteiger partial charge in [-0.15, -0.1) is 21.5 Å². The summed E-state index contributed by atoms with van der Waals surface area (Å²) >= 11 is 1.77. The summed E-state index contributed by atoms with van der Waals surface area (Å²) < 4.78 is 1.95. The number of carbonyl (C=O) groups is 1. The highest BCUT2D eigenvalue weighted by molar-refractivity contribution is 7.11. The van der Waals surface area contributed by atoms with Gasteiger partial charge in [-0.25, -0.2) is 4.79 Å². The van der Waals surface area contributed by atoms with Crippen LogP contribution in [0, 0.1) is 0 Å². The van der Waals surface area contributed by atoms with Gasteiger partial charge in [0.25, 0.3) is 0 Å². The average Bonchev–Trinajstić information content (AvgIpc) is 3.21. The molecular weight excluding hydrogens is 310 g/mol. The van der Waals surface area contributed by atoms with Crippen LogP contribution in [0.3, 0.4) is 0 Å². The first-order valence-electron chi connectivity index (χ1n) is 8.11. The van der Waals surface area contributed by atoms with Crippen molar-refractivity contribution in [3.8, 4) is 0 Å². The number of thiophene rings is 1. The maximum atomic E-state index is 12.4. The summed E-state index contributed by atoms with van der Waals surface area (Å²) in [6.45, 7) is 4.27. The molecule has 3 heterocycles. The van der Waals surface area contributed by atoms with E-state index in [4.69, 9.17) is 0 Å². The number of amides is 2. The van der Waals surface area contributed by atoms with E-state index in [1.807, 2.05) is 16.5 Å². The Morgan fingerprint density at radius 1 is 1.43 bits per heavy atom. The molecule has 1 atom stereocenters. The van der Waals surface area contributed by atoms with Crippen molar-refractivity contribution in [2.24, 2.45) is 7.05 Å². The zero-order chi connectivity index (χ0) is 16.2. The number of aryl methyl sites for hydroxylation is 2. The molecule has 2 aromatic rings. The molecule has 1 aliphatic rings. The Kier molecular flexibility index (Phi) is 4.95. The normalized spacial score (nSPS) is 18.2. The minimum absolute atomic E-state index is 0.0170. The fourth-order valence-electron chi connectivity index (χ4n) is 3.02. The van der Waals surface area contributed by atoms with E-state index in [0.717, 1.165) is 31.6 Å². The quantitative estimate of drug-likeness (QED) is 0.935. The summed E-state index contributed by atoms with van der Waals surface area (Å²) in [5, 5.41) is 11.2. The van der Waals surface area contributed by atoms with Crippen LogP contribution in [0.25, 0.3) is 0 Å². The summed E-state index contributed by atoms with van der Waals surface area (Å²) in [6.07, 6.45) is 4.83. The zero-order valence-electron chi connectivity index (χ0n) is 13.7. The highest BCUT2D eigenvalue weighted by Gasteiger charge is 2.27. The minimum atomic E-state index is 0.0170. The van der Waals surface area contributed by atoms with E-state index < -0.39 is 0 Å². The molecule has 1 aliphatic heterocycles. The molecule has 1 N–H and O–H groups in total. The van der Waals surface area contributed by atoms with Gasteiger partial charge in [-0.05, 0) is 31.4 Å². The third-order valence-electron chi connectivity index (χ3n) is 4.30. The van der Waals surface area contributed by atoms with Crippen LogP contribution in [0.1, 0.15) is 41.3 Å². The van der Waals surface area contributed by atoms with Crippen LogP contribution >= 0.6 is 11.3 Å². The number of likely N-dealkylation sites (tertiary alicyclic amines) is 1. The van der Waals surface area contributed by atoms with E-state index in [9.17, 15) is 4.79 Å². The standard InChI is InChI=1S/C16H23N5OS/c1-3-13-6-7-14(23-13)9-17-16(22)21-8-4-5-12(10-21)15-19-18-11-20(15)2/h6-7,11-12H,3-5,8-10H2,1-2H3,(H,17,22). The average molecular weight is 333 g/mol. The molecule has 23 heavy (non-hydrogen) atoms. The molecule has 3 rings (SSSR count). The second-order valence-corrected chi connectivity index (χ2v) is 7.22. The molecule has 0 spiro atoms. The van der Waals surface area contributed by atoms with Crippen molar-refractivity contribution in [1.29, 1.82) is 0 Å². The number of hydrogen-bond acceptors (Lipinski definition) is 4. The molecule has 1 saturated heterocycles. The fraction of sp³-hybridized carbons (Fsp3) is 0.562. The van der Waals surface area contributed by atoms with E-state index in [1.165, 1.54) is 9.75 Å². The maximum absolute atomic E-state index is 12.4. The molecule has 1 unspecified atom stereocenters. The molecule has 0 bridgehead atoms. The lowest BCUT2D eigenvalue weighted by Crippen LogP contribution is -2.45. The molecule has 0 radical (unpaired) electrons. The Morgan fingerprint density at radius 2 is 2.26 bits per heavy atom. The Morgan fingerprint density at radius 3 is 2.96 bits per heavy atom. The van der Waals surface area contributed by atoms with Gasteiger partial charge in [0.05, 0.1) is 6.54 Å². The molecule has 124 valence electrons. The Balaban J connectivity index is 1.55. The number of nitrogens with zero attached hydrogens (tertiary/aromatic N) is 4. The van der Waals surface area contributed by atoms with Crippen LogP contribution in [0.5, 0.6) is 0 Å². The smallest absolute Gasteiger partial charge is 0.317 e. The summed E-state index contributed by atoms with van der Waals surface area (Å²) in [4.78, 5) is 16.9. The summed E-state index contributed by atoms with van der Waals surface area (Å²) in [5.41, 5.74) is 0. The highest BCUT2D eigenvalue weighted by Crippen LogP contribution is 2.25.